The first-order chi connectivity index (χ1) is 6.63. The topological polar surface area (TPSA) is 76.5 Å². The van der Waals surface area contributed by atoms with Crippen LogP contribution in [0.15, 0.2) is 16.5 Å². The fourth-order valence-electron chi connectivity index (χ4n) is 1.21. The highest BCUT2D eigenvalue weighted by Gasteiger charge is 2.11. The van der Waals surface area contributed by atoms with Crippen LogP contribution < -0.4 is 5.73 Å². The van der Waals surface area contributed by atoms with Gasteiger partial charge in [0.15, 0.2) is 0 Å². The van der Waals surface area contributed by atoms with Gasteiger partial charge < -0.3 is 15.3 Å². The van der Waals surface area contributed by atoms with Crippen LogP contribution in [0.5, 0.6) is 0 Å². The summed E-state index contributed by atoms with van der Waals surface area (Å²) in [7, 11) is 0. The molecule has 4 heteroatoms. The van der Waals surface area contributed by atoms with E-state index in [1.54, 1.807) is 0 Å². The second kappa shape index (κ2) is 4.81. The molecule has 0 aromatic carbocycles. The maximum Gasteiger partial charge on any atom is 0.303 e. The number of aliphatic carboxylic acids is 1. The van der Waals surface area contributed by atoms with E-state index in [0.717, 1.165) is 12.2 Å². The third-order valence-electron chi connectivity index (χ3n) is 2.07. The molecule has 0 radical (unpaired) electrons. The molecule has 1 rings (SSSR count). The Balaban J connectivity index is 2.51. The summed E-state index contributed by atoms with van der Waals surface area (Å²) in [6, 6.07) is 3.37. The van der Waals surface area contributed by atoms with Crippen LogP contribution in [0, 0.1) is 0 Å². The highest BCUT2D eigenvalue weighted by molar-refractivity contribution is 5.66. The maximum absolute atomic E-state index is 10.3. The minimum atomic E-state index is -0.831. The summed E-state index contributed by atoms with van der Waals surface area (Å²) in [6.07, 6.45) is 1.31. The maximum atomic E-state index is 10.3. The Bertz CT molecular complexity index is 306. The summed E-state index contributed by atoms with van der Waals surface area (Å²) in [5.74, 6) is 0.719. The van der Waals surface area contributed by atoms with Crippen LogP contribution in [0.2, 0.25) is 0 Å². The van der Waals surface area contributed by atoms with Gasteiger partial charge >= 0.3 is 5.97 Å². The van der Waals surface area contributed by atoms with E-state index < -0.39 is 5.97 Å². The average molecular weight is 197 g/mol. The van der Waals surface area contributed by atoms with E-state index >= 15 is 0 Å². The van der Waals surface area contributed by atoms with Crippen LogP contribution in [0.1, 0.15) is 37.3 Å². The van der Waals surface area contributed by atoms with Crippen molar-refractivity contribution in [1.29, 1.82) is 0 Å². The van der Waals surface area contributed by atoms with Crippen LogP contribution in [0.3, 0.4) is 0 Å². The number of aryl methyl sites for hydroxylation is 1. The molecule has 0 amide bonds. The molecule has 0 aliphatic carbocycles. The molecule has 1 heterocycles. The molecule has 0 saturated heterocycles. The monoisotopic (exact) mass is 197 g/mol. The zero-order chi connectivity index (χ0) is 10.6. The van der Waals surface area contributed by atoms with Gasteiger partial charge in [-0.05, 0) is 18.6 Å². The van der Waals surface area contributed by atoms with Gasteiger partial charge in [-0.1, -0.05) is 6.92 Å². The third-order valence-corrected chi connectivity index (χ3v) is 2.07. The normalized spacial score (nSPS) is 12.7. The van der Waals surface area contributed by atoms with Crippen molar-refractivity contribution in [1.82, 2.24) is 0 Å². The van der Waals surface area contributed by atoms with Crippen molar-refractivity contribution in [2.75, 3.05) is 0 Å². The molecule has 1 aromatic rings. The summed E-state index contributed by atoms with van der Waals surface area (Å²) in [5.41, 5.74) is 5.75. The Morgan fingerprint density at radius 3 is 2.86 bits per heavy atom. The second-order valence-electron chi connectivity index (χ2n) is 3.20. The van der Waals surface area contributed by atoms with Crippen molar-refractivity contribution in [3.8, 4) is 0 Å². The Kier molecular flexibility index (Phi) is 3.71. The van der Waals surface area contributed by atoms with Gasteiger partial charge in [-0.15, -0.1) is 0 Å². The summed E-state index contributed by atoms with van der Waals surface area (Å²) < 4.78 is 5.41. The number of rotatable bonds is 5. The SMILES string of the molecule is CCc1ccc([C@H](N)CCC(=O)O)o1. The number of hydrogen-bond acceptors (Lipinski definition) is 3. The molecule has 1 atom stereocenters. The number of furan rings is 1. The van der Waals surface area contributed by atoms with Gasteiger partial charge in [-0.3, -0.25) is 4.79 Å². The molecular formula is C10H15NO3. The lowest BCUT2D eigenvalue weighted by Crippen LogP contribution is -2.11. The molecule has 0 fully saturated rings. The van der Waals surface area contributed by atoms with Crippen molar-refractivity contribution < 1.29 is 14.3 Å². The lowest BCUT2D eigenvalue weighted by atomic mass is 10.1. The van der Waals surface area contributed by atoms with Crippen LogP contribution in [-0.4, -0.2) is 11.1 Å². The van der Waals surface area contributed by atoms with Gasteiger partial charge in [0.25, 0.3) is 0 Å². The minimum absolute atomic E-state index is 0.0727. The summed E-state index contributed by atoms with van der Waals surface area (Å²) in [5, 5.41) is 8.47. The average Bonchev–Trinajstić information content (AvgIpc) is 2.62. The lowest BCUT2D eigenvalue weighted by molar-refractivity contribution is -0.137. The Morgan fingerprint density at radius 1 is 1.64 bits per heavy atom. The van der Waals surface area contributed by atoms with Crippen LogP contribution in [-0.2, 0) is 11.2 Å². The molecule has 0 saturated carbocycles. The zero-order valence-corrected chi connectivity index (χ0v) is 8.19. The van der Waals surface area contributed by atoms with Crippen molar-refractivity contribution in [3.05, 3.63) is 23.7 Å². The van der Waals surface area contributed by atoms with E-state index in [-0.39, 0.29) is 12.5 Å². The van der Waals surface area contributed by atoms with Crippen molar-refractivity contribution in [2.45, 2.75) is 32.2 Å². The molecule has 0 unspecified atom stereocenters. The first-order valence-electron chi connectivity index (χ1n) is 4.69. The first-order valence-corrected chi connectivity index (χ1v) is 4.69. The molecule has 0 bridgehead atoms. The second-order valence-corrected chi connectivity index (χ2v) is 3.20. The highest BCUT2D eigenvalue weighted by Crippen LogP contribution is 2.18. The molecule has 0 aliphatic heterocycles. The van der Waals surface area contributed by atoms with E-state index in [0.29, 0.717) is 12.2 Å². The van der Waals surface area contributed by atoms with Gasteiger partial charge in [-0.25, -0.2) is 0 Å². The zero-order valence-electron chi connectivity index (χ0n) is 8.19. The largest absolute Gasteiger partial charge is 0.481 e. The Hall–Kier alpha value is -1.29. The minimum Gasteiger partial charge on any atom is -0.481 e. The number of nitrogens with two attached hydrogens (primary N) is 1. The fourth-order valence-corrected chi connectivity index (χ4v) is 1.21. The number of carboxylic acids is 1. The van der Waals surface area contributed by atoms with E-state index in [2.05, 4.69) is 0 Å². The quantitative estimate of drug-likeness (QED) is 0.753. The first kappa shape index (κ1) is 10.8. The van der Waals surface area contributed by atoms with Gasteiger partial charge in [0.1, 0.15) is 11.5 Å². The molecule has 1 aromatic heterocycles. The van der Waals surface area contributed by atoms with Crippen molar-refractivity contribution >= 4 is 5.97 Å². The van der Waals surface area contributed by atoms with E-state index in [1.807, 2.05) is 19.1 Å². The molecule has 0 aliphatic rings. The Morgan fingerprint density at radius 2 is 2.36 bits per heavy atom. The van der Waals surface area contributed by atoms with Gasteiger partial charge in [0, 0.05) is 12.8 Å². The summed E-state index contributed by atoms with van der Waals surface area (Å²) in [6.45, 7) is 1.99. The van der Waals surface area contributed by atoms with Crippen molar-refractivity contribution in [3.63, 3.8) is 0 Å². The number of carbonyl (C=O) groups is 1. The van der Waals surface area contributed by atoms with Gasteiger partial charge in [0.2, 0.25) is 0 Å². The predicted molar refractivity (Wildman–Crippen MR) is 51.9 cm³/mol. The lowest BCUT2D eigenvalue weighted by Gasteiger charge is -2.05. The van der Waals surface area contributed by atoms with E-state index in [1.165, 1.54) is 0 Å². The molecule has 14 heavy (non-hydrogen) atoms. The molecule has 4 nitrogen and oxygen atoms in total. The Labute approximate surface area is 82.7 Å². The molecule has 3 N–H and O–H groups in total. The standard InChI is InChI=1S/C10H15NO3/c1-2-7-3-5-9(14-7)8(11)4-6-10(12)13/h3,5,8H,2,4,6,11H2,1H3,(H,12,13)/t8-/m1/s1. The predicted octanol–water partition coefficient (Wildman–Crippen LogP) is 1.71. The van der Waals surface area contributed by atoms with Crippen LogP contribution >= 0.6 is 0 Å². The third kappa shape index (κ3) is 2.88. The van der Waals surface area contributed by atoms with Crippen LogP contribution in [0.4, 0.5) is 0 Å². The number of hydrogen-bond donors (Lipinski definition) is 2. The van der Waals surface area contributed by atoms with Crippen molar-refractivity contribution in [2.24, 2.45) is 5.73 Å². The van der Waals surface area contributed by atoms with Gasteiger partial charge in [0.05, 0.1) is 6.04 Å². The van der Waals surface area contributed by atoms with Crippen LogP contribution in [0.25, 0.3) is 0 Å². The number of carboxylic acid groups (broad SMARTS) is 1. The molecule has 78 valence electrons. The van der Waals surface area contributed by atoms with Gasteiger partial charge in [-0.2, -0.15) is 0 Å². The van der Waals surface area contributed by atoms with E-state index in [4.69, 9.17) is 15.3 Å². The fraction of sp³-hybridized carbons (Fsp3) is 0.500. The molecular weight excluding hydrogens is 182 g/mol. The summed E-state index contributed by atoms with van der Waals surface area (Å²) in [4.78, 5) is 10.3. The highest BCUT2D eigenvalue weighted by atomic mass is 16.4. The molecule has 0 spiro atoms. The van der Waals surface area contributed by atoms with E-state index in [9.17, 15) is 4.79 Å². The smallest absolute Gasteiger partial charge is 0.303 e. The summed E-state index contributed by atoms with van der Waals surface area (Å²) >= 11 is 0.